The van der Waals surface area contributed by atoms with E-state index in [1.807, 2.05) is 13.8 Å². The van der Waals surface area contributed by atoms with Crippen molar-refractivity contribution in [2.75, 3.05) is 26.3 Å². The van der Waals surface area contributed by atoms with Gasteiger partial charge in [0, 0.05) is 36.4 Å². The Morgan fingerprint density at radius 1 is 1.00 bits per heavy atom. The number of allylic oxidation sites excluding steroid dienone is 1. The molecule has 2 amide bonds. The highest BCUT2D eigenvalue weighted by atomic mass is 35.5. The molecule has 0 radical (unpaired) electrons. The molecule has 15 heteroatoms. The average molecular weight is 722 g/mol. The van der Waals surface area contributed by atoms with Crippen LogP contribution in [-0.4, -0.2) is 79.3 Å². The second-order valence-electron chi connectivity index (χ2n) is 10.3. The predicted molar refractivity (Wildman–Crippen MR) is 184 cm³/mol. The summed E-state index contributed by atoms with van der Waals surface area (Å²) in [6, 6.07) is 5.41. The van der Waals surface area contributed by atoms with E-state index < -0.39 is 12.0 Å². The normalized spacial score (nSPS) is 11.2. The lowest BCUT2D eigenvalue weighted by Crippen LogP contribution is -2.46. The number of hydrogen-bond donors (Lipinski definition) is 0. The zero-order valence-electron chi connectivity index (χ0n) is 26.8. The first-order valence-electron chi connectivity index (χ1n) is 15.3. The number of amides is 2. The summed E-state index contributed by atoms with van der Waals surface area (Å²) >= 11 is 18.0. The quantitative estimate of drug-likeness (QED) is 0.0691. The Labute approximate surface area is 294 Å². The third-order valence-corrected chi connectivity index (χ3v) is 7.55. The van der Waals surface area contributed by atoms with E-state index in [9.17, 15) is 14.4 Å². The van der Waals surface area contributed by atoms with Crippen LogP contribution in [0.25, 0.3) is 0 Å². The number of benzene rings is 1. The summed E-state index contributed by atoms with van der Waals surface area (Å²) in [6.07, 6.45) is 15.2. The van der Waals surface area contributed by atoms with Gasteiger partial charge in [-0.25, -0.2) is 24.4 Å². The minimum Gasteiger partial charge on any atom is -0.489 e. The zero-order chi connectivity index (χ0) is 34.9. The molecule has 3 aromatic heterocycles. The molecular weight excluding hydrogens is 683 g/mol. The Hall–Kier alpha value is -4.26. The molecule has 0 aliphatic carbocycles. The maximum Gasteiger partial charge on any atom is 0.330 e. The molecular formula is C33H39Cl3N6O6. The number of carbonyl (C=O) groups is 3. The third-order valence-electron chi connectivity index (χ3n) is 6.77. The average Bonchev–Trinajstić information content (AvgIpc) is 3.88. The fourth-order valence-corrected chi connectivity index (χ4v) is 5.37. The second-order valence-corrected chi connectivity index (χ2v) is 11.5. The van der Waals surface area contributed by atoms with Gasteiger partial charge in [-0.2, -0.15) is 0 Å². The Kier molecular flexibility index (Phi) is 16.1. The van der Waals surface area contributed by atoms with Gasteiger partial charge in [0.15, 0.2) is 5.75 Å². The number of rotatable bonds is 15. The van der Waals surface area contributed by atoms with Crippen LogP contribution in [0.2, 0.25) is 15.1 Å². The zero-order valence-corrected chi connectivity index (χ0v) is 29.1. The van der Waals surface area contributed by atoms with Gasteiger partial charge in [0.1, 0.15) is 31.1 Å². The van der Waals surface area contributed by atoms with Crippen LogP contribution in [-0.2, 0) is 16.1 Å². The van der Waals surface area contributed by atoms with Gasteiger partial charge in [-0.15, -0.1) is 6.58 Å². The van der Waals surface area contributed by atoms with Gasteiger partial charge in [0.05, 0.1) is 36.0 Å². The first kappa shape index (κ1) is 38.2. The molecule has 12 nitrogen and oxygen atoms in total. The predicted octanol–water partition coefficient (Wildman–Crippen LogP) is 7.84. The monoisotopic (exact) mass is 720 g/mol. The Morgan fingerprint density at radius 3 is 2.21 bits per heavy atom. The number of hydrogen-bond acceptors (Lipinski definition) is 8. The maximum atomic E-state index is 12.8. The van der Waals surface area contributed by atoms with Crippen LogP contribution in [0.4, 0.5) is 9.59 Å². The molecule has 48 heavy (non-hydrogen) atoms. The molecule has 0 aliphatic rings. The van der Waals surface area contributed by atoms with Crippen molar-refractivity contribution < 1.29 is 28.3 Å². The SMILES string of the molecule is C=CCCCOC(=O)C(CC)N(Cc1ccco1)C(=O)n1ccnc1.CCCN(CCOc1c(Cl)cc(Cl)cc1Cl)C(=O)n1ccnc1. The number of unbranched alkanes of at least 4 members (excludes halogenated alkanes) is 1. The van der Waals surface area contributed by atoms with Crippen LogP contribution in [0.15, 0.2) is 85.0 Å². The maximum absolute atomic E-state index is 12.8. The van der Waals surface area contributed by atoms with Crippen molar-refractivity contribution in [3.8, 4) is 5.75 Å². The summed E-state index contributed by atoms with van der Waals surface area (Å²) < 4.78 is 19.0. The van der Waals surface area contributed by atoms with E-state index >= 15 is 0 Å². The number of halogens is 3. The number of aromatic nitrogens is 4. The molecule has 0 bridgehead atoms. The van der Waals surface area contributed by atoms with Gasteiger partial charge in [-0.1, -0.05) is 54.7 Å². The molecule has 1 atom stereocenters. The van der Waals surface area contributed by atoms with Crippen LogP contribution < -0.4 is 4.74 Å². The highest BCUT2D eigenvalue weighted by molar-refractivity contribution is 6.40. The minimum atomic E-state index is -0.705. The van der Waals surface area contributed by atoms with Crippen molar-refractivity contribution in [2.45, 2.75) is 52.1 Å². The molecule has 0 fully saturated rings. The molecule has 258 valence electrons. The van der Waals surface area contributed by atoms with Crippen LogP contribution in [0.3, 0.4) is 0 Å². The molecule has 0 N–H and O–H groups in total. The molecule has 1 aromatic carbocycles. The molecule has 3 heterocycles. The van der Waals surface area contributed by atoms with Crippen LogP contribution in [0.1, 0.15) is 45.3 Å². The number of imidazole rings is 2. The molecule has 0 saturated heterocycles. The molecule has 1 unspecified atom stereocenters. The Bertz CT molecular complexity index is 1540. The van der Waals surface area contributed by atoms with E-state index in [0.717, 1.165) is 12.8 Å². The van der Waals surface area contributed by atoms with Crippen LogP contribution >= 0.6 is 34.8 Å². The molecule has 0 aliphatic heterocycles. The summed E-state index contributed by atoms with van der Waals surface area (Å²) in [5.74, 6) is 0.530. The van der Waals surface area contributed by atoms with E-state index in [1.165, 1.54) is 39.1 Å². The number of carbonyl (C=O) groups excluding carboxylic acids is 3. The summed E-state index contributed by atoms with van der Waals surface area (Å²) in [4.78, 5) is 48.5. The van der Waals surface area contributed by atoms with Crippen molar-refractivity contribution in [3.63, 3.8) is 0 Å². The van der Waals surface area contributed by atoms with E-state index in [2.05, 4.69) is 16.5 Å². The van der Waals surface area contributed by atoms with E-state index in [1.54, 1.807) is 53.8 Å². The summed E-state index contributed by atoms with van der Waals surface area (Å²) in [6.45, 7) is 9.23. The Balaban J connectivity index is 0.000000261. The first-order chi connectivity index (χ1) is 23.2. The van der Waals surface area contributed by atoms with Gasteiger partial charge >= 0.3 is 18.0 Å². The van der Waals surface area contributed by atoms with Crippen LogP contribution in [0, 0.1) is 0 Å². The van der Waals surface area contributed by atoms with Crippen molar-refractivity contribution in [3.05, 3.63) is 101 Å². The number of nitrogens with zero attached hydrogens (tertiary/aromatic N) is 6. The number of esters is 1. The van der Waals surface area contributed by atoms with Gasteiger partial charge < -0.3 is 23.7 Å². The molecule has 4 rings (SSSR count). The second kappa shape index (κ2) is 20.2. The van der Waals surface area contributed by atoms with Gasteiger partial charge in [-0.3, -0.25) is 9.13 Å². The van der Waals surface area contributed by atoms with E-state index in [0.29, 0.717) is 59.1 Å². The fourth-order valence-electron chi connectivity index (χ4n) is 4.45. The minimum absolute atomic E-state index is 0.152. The number of furan rings is 1. The Morgan fingerprint density at radius 2 is 1.67 bits per heavy atom. The summed E-state index contributed by atoms with van der Waals surface area (Å²) in [5, 5.41) is 1.12. The molecule has 0 spiro atoms. The van der Waals surface area contributed by atoms with Crippen LogP contribution in [0.5, 0.6) is 5.75 Å². The first-order valence-corrected chi connectivity index (χ1v) is 16.5. The van der Waals surface area contributed by atoms with E-state index in [4.69, 9.17) is 48.7 Å². The summed E-state index contributed by atoms with van der Waals surface area (Å²) in [7, 11) is 0. The number of ether oxygens (including phenoxy) is 2. The highest BCUT2D eigenvalue weighted by Gasteiger charge is 2.31. The van der Waals surface area contributed by atoms with Crippen molar-refractivity contribution in [1.29, 1.82) is 0 Å². The van der Waals surface area contributed by atoms with Crippen molar-refractivity contribution in [1.82, 2.24) is 28.9 Å². The van der Waals surface area contributed by atoms with E-state index in [-0.39, 0.29) is 25.2 Å². The lowest BCUT2D eigenvalue weighted by Gasteiger charge is -2.28. The smallest absolute Gasteiger partial charge is 0.330 e. The topological polar surface area (TPSA) is 125 Å². The lowest BCUT2D eigenvalue weighted by molar-refractivity contribution is -0.149. The lowest BCUT2D eigenvalue weighted by atomic mass is 10.2. The third kappa shape index (κ3) is 11.5. The van der Waals surface area contributed by atoms with Crippen molar-refractivity contribution in [2.24, 2.45) is 0 Å². The highest BCUT2D eigenvalue weighted by Crippen LogP contribution is 2.35. The standard InChI is InChI=1S/C18H23N3O4.C15H16Cl3N3O2/c1-3-5-6-11-25-17(22)16(4-2)21(13-15-8-7-12-24-15)18(23)20-10-9-19-14-20;1-2-4-20(15(22)21-5-3-19-10-21)6-7-23-14-12(17)8-11(16)9-13(14)18/h3,7-10,12,14,16H,1,4-6,11,13H2,2H3;3,5,8-10H,2,4,6-7H2,1H3. The van der Waals surface area contributed by atoms with Gasteiger partial charge in [0.2, 0.25) is 0 Å². The fraction of sp³-hybridized carbons (Fsp3) is 0.364. The largest absolute Gasteiger partial charge is 0.489 e. The summed E-state index contributed by atoms with van der Waals surface area (Å²) in [5.41, 5.74) is 0. The van der Waals surface area contributed by atoms with Gasteiger partial charge in [-0.05, 0) is 49.9 Å². The van der Waals surface area contributed by atoms with Crippen molar-refractivity contribution >= 4 is 52.8 Å². The molecule has 4 aromatic rings. The van der Waals surface area contributed by atoms with Gasteiger partial charge in [0.25, 0.3) is 0 Å². The molecule has 0 saturated carbocycles.